The lowest BCUT2D eigenvalue weighted by molar-refractivity contribution is 0.0589. The van der Waals surface area contributed by atoms with E-state index in [-0.39, 0.29) is 16.7 Å². The van der Waals surface area contributed by atoms with Crippen molar-refractivity contribution in [1.82, 2.24) is 4.57 Å². The second-order valence-corrected chi connectivity index (χ2v) is 5.43. The molecule has 2 rings (SSSR count). The van der Waals surface area contributed by atoms with Crippen LogP contribution in [0, 0.1) is 11.8 Å². The van der Waals surface area contributed by atoms with Crippen molar-refractivity contribution in [2.24, 2.45) is 7.05 Å². The fourth-order valence-electron chi connectivity index (χ4n) is 2.16. The minimum Gasteiger partial charge on any atom is -0.464 e. The minimum absolute atomic E-state index is 0.0233. The lowest BCUT2D eigenvalue weighted by Gasteiger charge is -2.13. The first-order valence-corrected chi connectivity index (χ1v) is 6.72. The highest BCUT2D eigenvalue weighted by Crippen LogP contribution is 2.15. The van der Waals surface area contributed by atoms with Crippen LogP contribution in [0.25, 0.3) is 10.9 Å². The molecule has 0 saturated heterocycles. The van der Waals surface area contributed by atoms with E-state index in [1.807, 2.05) is 0 Å². The third-order valence-corrected chi connectivity index (χ3v) is 3.18. The number of aryl methyl sites for hydroxylation is 1. The van der Waals surface area contributed by atoms with Crippen LogP contribution in [0.1, 0.15) is 29.9 Å². The molecule has 5 heteroatoms. The molecule has 0 radical (unpaired) electrons. The molecule has 114 valence electrons. The predicted octanol–water partition coefficient (Wildman–Crippen LogP) is 1.45. The Hall–Kier alpha value is -2.58. The molecule has 2 aromatic rings. The maximum atomic E-state index is 12.6. The maximum Gasteiger partial charge on any atom is 0.356 e. The number of methoxy groups -OCH3 is 1. The number of esters is 1. The Balaban J connectivity index is 2.93. The standard InChI is InChI=1S/C17H17NO4/c1-17(2,21)10-9-12-14(16(20)22-4)18(3)13-8-6-5-7-11(13)15(12)19/h5-8,21H,1-4H3. The zero-order chi connectivity index (χ0) is 16.5. The summed E-state index contributed by atoms with van der Waals surface area (Å²) < 4.78 is 6.35. The van der Waals surface area contributed by atoms with Crippen molar-refractivity contribution in [3.05, 3.63) is 45.7 Å². The van der Waals surface area contributed by atoms with Gasteiger partial charge in [0, 0.05) is 12.4 Å². The largest absolute Gasteiger partial charge is 0.464 e. The predicted molar refractivity (Wildman–Crippen MR) is 83.7 cm³/mol. The van der Waals surface area contributed by atoms with E-state index in [1.54, 1.807) is 35.9 Å². The fourth-order valence-corrected chi connectivity index (χ4v) is 2.16. The van der Waals surface area contributed by atoms with Gasteiger partial charge in [0.1, 0.15) is 16.9 Å². The molecule has 0 spiro atoms. The van der Waals surface area contributed by atoms with Crippen molar-refractivity contribution < 1.29 is 14.6 Å². The van der Waals surface area contributed by atoms with Crippen molar-refractivity contribution in [2.45, 2.75) is 19.4 Å². The van der Waals surface area contributed by atoms with Crippen molar-refractivity contribution >= 4 is 16.9 Å². The number of para-hydroxylation sites is 1. The van der Waals surface area contributed by atoms with Crippen LogP contribution in [0.2, 0.25) is 0 Å². The summed E-state index contributed by atoms with van der Waals surface area (Å²) in [4.78, 5) is 24.7. The van der Waals surface area contributed by atoms with Gasteiger partial charge >= 0.3 is 5.97 Å². The molecule has 1 N–H and O–H groups in total. The van der Waals surface area contributed by atoms with Crippen LogP contribution in [-0.4, -0.2) is 28.4 Å². The Morgan fingerprint density at radius 3 is 2.55 bits per heavy atom. The molecular formula is C17H17NO4. The van der Waals surface area contributed by atoms with Crippen LogP contribution in [0.15, 0.2) is 29.1 Å². The normalized spacial score (nSPS) is 11.0. The highest BCUT2D eigenvalue weighted by atomic mass is 16.5. The van der Waals surface area contributed by atoms with Crippen molar-refractivity contribution in [2.75, 3.05) is 7.11 Å². The number of hydrogen-bond acceptors (Lipinski definition) is 4. The maximum absolute atomic E-state index is 12.6. The number of fused-ring (bicyclic) bond motifs is 1. The van der Waals surface area contributed by atoms with Gasteiger partial charge in [-0.1, -0.05) is 24.0 Å². The van der Waals surface area contributed by atoms with Gasteiger partial charge in [-0.25, -0.2) is 4.79 Å². The molecule has 0 aliphatic carbocycles. The summed E-state index contributed by atoms with van der Waals surface area (Å²) in [6.07, 6.45) is 0. The van der Waals surface area contributed by atoms with Gasteiger partial charge in [-0.15, -0.1) is 0 Å². The van der Waals surface area contributed by atoms with E-state index in [1.165, 1.54) is 21.0 Å². The van der Waals surface area contributed by atoms with Gasteiger partial charge in [0.2, 0.25) is 5.43 Å². The van der Waals surface area contributed by atoms with Crippen LogP contribution in [0.5, 0.6) is 0 Å². The van der Waals surface area contributed by atoms with E-state index < -0.39 is 11.6 Å². The number of benzene rings is 1. The van der Waals surface area contributed by atoms with Crippen LogP contribution >= 0.6 is 0 Å². The quantitative estimate of drug-likeness (QED) is 0.639. The number of carbonyl (C=O) groups is 1. The van der Waals surface area contributed by atoms with E-state index in [2.05, 4.69) is 11.8 Å². The molecule has 5 nitrogen and oxygen atoms in total. The Morgan fingerprint density at radius 1 is 1.32 bits per heavy atom. The van der Waals surface area contributed by atoms with Crippen molar-refractivity contribution in [3.8, 4) is 11.8 Å². The number of carbonyl (C=O) groups excluding carboxylic acids is 1. The van der Waals surface area contributed by atoms with Gasteiger partial charge in [0.25, 0.3) is 0 Å². The summed E-state index contributed by atoms with van der Waals surface area (Å²) in [5.74, 6) is 4.56. The van der Waals surface area contributed by atoms with E-state index in [0.29, 0.717) is 10.9 Å². The average Bonchev–Trinajstić information content (AvgIpc) is 2.47. The number of nitrogens with zero attached hydrogens (tertiary/aromatic N) is 1. The zero-order valence-electron chi connectivity index (χ0n) is 12.9. The van der Waals surface area contributed by atoms with Crippen LogP contribution in [0.4, 0.5) is 0 Å². The number of pyridine rings is 1. The highest BCUT2D eigenvalue weighted by molar-refractivity contribution is 5.94. The Morgan fingerprint density at radius 2 is 1.95 bits per heavy atom. The number of hydrogen-bond donors (Lipinski definition) is 1. The lowest BCUT2D eigenvalue weighted by Crippen LogP contribution is -2.23. The Labute approximate surface area is 128 Å². The second kappa shape index (κ2) is 5.66. The molecule has 0 bridgehead atoms. The van der Waals surface area contributed by atoms with E-state index in [4.69, 9.17) is 4.74 Å². The van der Waals surface area contributed by atoms with Gasteiger partial charge in [0.05, 0.1) is 12.6 Å². The third-order valence-electron chi connectivity index (χ3n) is 3.18. The molecule has 1 aromatic heterocycles. The molecule has 0 unspecified atom stereocenters. The monoisotopic (exact) mass is 299 g/mol. The molecule has 0 atom stereocenters. The van der Waals surface area contributed by atoms with Crippen molar-refractivity contribution in [1.29, 1.82) is 0 Å². The smallest absolute Gasteiger partial charge is 0.356 e. The number of ether oxygens (including phenoxy) is 1. The zero-order valence-corrected chi connectivity index (χ0v) is 12.9. The first-order valence-electron chi connectivity index (χ1n) is 6.72. The Bertz CT molecular complexity index is 860. The van der Waals surface area contributed by atoms with E-state index >= 15 is 0 Å². The summed E-state index contributed by atoms with van der Waals surface area (Å²) in [6, 6.07) is 6.95. The topological polar surface area (TPSA) is 68.5 Å². The first kappa shape index (κ1) is 15.8. The second-order valence-electron chi connectivity index (χ2n) is 5.43. The summed E-state index contributed by atoms with van der Waals surface area (Å²) in [5.41, 5.74) is -0.921. The molecule has 22 heavy (non-hydrogen) atoms. The summed E-state index contributed by atoms with van der Waals surface area (Å²) in [7, 11) is 2.92. The fraction of sp³-hybridized carbons (Fsp3) is 0.294. The molecule has 0 amide bonds. The SMILES string of the molecule is COC(=O)c1c(C#CC(C)(C)O)c(=O)c2ccccc2n1C. The number of aliphatic hydroxyl groups is 1. The third kappa shape index (κ3) is 2.87. The number of aromatic nitrogens is 1. The number of rotatable bonds is 1. The molecule has 0 aliphatic heterocycles. The van der Waals surface area contributed by atoms with Crippen LogP contribution in [-0.2, 0) is 11.8 Å². The lowest BCUT2D eigenvalue weighted by atomic mass is 10.1. The molecule has 0 saturated carbocycles. The van der Waals surface area contributed by atoms with E-state index in [9.17, 15) is 14.7 Å². The summed E-state index contributed by atoms with van der Waals surface area (Å²) in [5, 5.41) is 10.2. The molecule has 0 fully saturated rings. The van der Waals surface area contributed by atoms with Crippen molar-refractivity contribution in [3.63, 3.8) is 0 Å². The molecule has 1 heterocycles. The van der Waals surface area contributed by atoms with Gasteiger partial charge < -0.3 is 14.4 Å². The highest BCUT2D eigenvalue weighted by Gasteiger charge is 2.20. The Kier molecular flexibility index (Phi) is 4.07. The summed E-state index contributed by atoms with van der Waals surface area (Å²) >= 11 is 0. The molecule has 0 aliphatic rings. The molecular weight excluding hydrogens is 282 g/mol. The molecule has 1 aromatic carbocycles. The van der Waals surface area contributed by atoms with Crippen LogP contribution < -0.4 is 5.43 Å². The van der Waals surface area contributed by atoms with Gasteiger partial charge in [-0.05, 0) is 26.0 Å². The van der Waals surface area contributed by atoms with Gasteiger partial charge in [-0.3, -0.25) is 4.79 Å². The van der Waals surface area contributed by atoms with Crippen LogP contribution in [0.3, 0.4) is 0 Å². The first-order chi connectivity index (χ1) is 10.3. The van der Waals surface area contributed by atoms with Gasteiger partial charge in [-0.2, -0.15) is 0 Å². The van der Waals surface area contributed by atoms with Gasteiger partial charge in [0.15, 0.2) is 0 Å². The summed E-state index contributed by atoms with van der Waals surface area (Å²) in [6.45, 7) is 3.01. The minimum atomic E-state index is -1.27. The average molecular weight is 299 g/mol. The van der Waals surface area contributed by atoms with E-state index in [0.717, 1.165) is 0 Å².